The molecule has 2 N–H and O–H groups in total. The summed E-state index contributed by atoms with van der Waals surface area (Å²) in [5.41, 5.74) is 2.39. The number of aryl methyl sites for hydroxylation is 1. The van der Waals surface area contributed by atoms with Gasteiger partial charge in [0.2, 0.25) is 0 Å². The minimum Gasteiger partial charge on any atom is -0.490 e. The monoisotopic (exact) mass is 668 g/mol. The summed E-state index contributed by atoms with van der Waals surface area (Å²) in [5.74, 6) is 4.55. The fraction of sp³-hybridized carbons (Fsp3) is 0.595. The van der Waals surface area contributed by atoms with Crippen LogP contribution in [0.5, 0.6) is 5.75 Å². The zero-order valence-electron chi connectivity index (χ0n) is 27.5. The number of ether oxygens (including phenoxy) is 1. The van der Waals surface area contributed by atoms with Crippen LogP contribution in [0.2, 0.25) is 5.02 Å². The van der Waals surface area contributed by atoms with E-state index in [0.717, 1.165) is 49.2 Å². The van der Waals surface area contributed by atoms with Crippen molar-refractivity contribution in [3.05, 3.63) is 58.1 Å². The first-order valence-electron chi connectivity index (χ1n) is 17.1. The van der Waals surface area contributed by atoms with Gasteiger partial charge in [-0.15, -0.1) is 0 Å². The summed E-state index contributed by atoms with van der Waals surface area (Å²) in [6.45, 7) is 7.64. The molecule has 1 spiro atoms. The van der Waals surface area contributed by atoms with E-state index in [2.05, 4.69) is 27.6 Å². The van der Waals surface area contributed by atoms with Crippen molar-refractivity contribution in [2.75, 3.05) is 24.6 Å². The molecule has 1 unspecified atom stereocenters. The lowest BCUT2D eigenvalue weighted by Gasteiger charge is -2.50. The van der Waals surface area contributed by atoms with Gasteiger partial charge in [0.25, 0.3) is 5.91 Å². The highest BCUT2D eigenvalue weighted by atomic mass is 35.5. The zero-order valence-corrected chi connectivity index (χ0v) is 29.1. The Labute approximate surface area is 279 Å². The molecule has 2 heterocycles. The van der Waals surface area contributed by atoms with Crippen LogP contribution in [0.25, 0.3) is 0 Å². The van der Waals surface area contributed by atoms with Gasteiger partial charge in [0.05, 0.1) is 27.6 Å². The first-order chi connectivity index (χ1) is 21.8. The van der Waals surface area contributed by atoms with Crippen LogP contribution in [-0.2, 0) is 26.3 Å². The number of carbonyl (C=O) groups excluding carboxylic acids is 2. The molecule has 1 fully saturated rings. The minimum absolute atomic E-state index is 0.00176. The Bertz CT molecular complexity index is 1610. The number of rotatable bonds is 3. The number of anilines is 1. The summed E-state index contributed by atoms with van der Waals surface area (Å²) >= 11 is 6.44. The van der Waals surface area contributed by atoms with E-state index in [1.54, 1.807) is 6.07 Å². The predicted molar refractivity (Wildman–Crippen MR) is 187 cm³/mol. The first-order valence-corrected chi connectivity index (χ1v) is 19.2. The number of halogens is 1. The summed E-state index contributed by atoms with van der Waals surface area (Å²) in [4.78, 5) is 28.8. The van der Waals surface area contributed by atoms with Gasteiger partial charge in [-0.2, -0.15) is 0 Å². The quantitative estimate of drug-likeness (QED) is 0.362. The molecule has 1 saturated carbocycles. The second-order valence-corrected chi connectivity index (χ2v) is 17.5. The van der Waals surface area contributed by atoms with Crippen molar-refractivity contribution < 1.29 is 23.6 Å². The number of ketones is 1. The molecular formula is C37H49ClN2O5S. The van der Waals surface area contributed by atoms with Gasteiger partial charge < -0.3 is 14.7 Å². The Kier molecular flexibility index (Phi) is 9.29. The molecule has 2 aliphatic carbocycles. The number of aliphatic hydroxyl groups is 1. The van der Waals surface area contributed by atoms with Gasteiger partial charge in [-0.05, 0) is 117 Å². The fourth-order valence-corrected chi connectivity index (χ4v) is 10.3. The standard InChI is InChI=1S/C37H49ClN2O5S/c1-5-30(41)20-37(43)17-6-8-24(2)25(3)46(4,44)39-35(42)27-11-15-34-33(19-27)40(21-28-10-13-32(28)37)22-36(23-45-34)16-7-9-26-18-29(38)12-14-31(26)36/h11-12,14-15,18-19,24-25,28,32,43H,4-10,13,16-17,20-23H2,1-3H3,(H,39,42,44)/t24-,25+,28-,32+,36-,37-,46?/m0/s1. The number of nitrogens with one attached hydrogen (secondary N) is 1. The van der Waals surface area contributed by atoms with Crippen LogP contribution in [0, 0.1) is 17.8 Å². The molecular weight excluding hydrogens is 620 g/mol. The van der Waals surface area contributed by atoms with E-state index in [4.69, 9.17) is 16.3 Å². The molecule has 2 aliphatic heterocycles. The van der Waals surface area contributed by atoms with Crippen LogP contribution in [0.1, 0.15) is 100 Å². The average Bonchev–Trinajstić information content (AvgIpc) is 3.14. The molecule has 1 amide bonds. The molecule has 7 atom stereocenters. The SMILES string of the molecule is C=S1(=O)NC(=O)c2ccc3c(c2)N(C[C@@H]2CC[C@H]2[C@@](O)(CC(=O)CC)CCC[C@H](C)[C@H]1C)C[C@@]1(CCCc2cc(Cl)ccc21)CO3. The number of fused-ring (bicyclic) bond motifs is 4. The Morgan fingerprint density at radius 3 is 2.70 bits per heavy atom. The fourth-order valence-electron chi connectivity index (χ4n) is 8.55. The Balaban J connectivity index is 1.44. The third kappa shape index (κ3) is 6.34. The van der Waals surface area contributed by atoms with Gasteiger partial charge in [-0.3, -0.25) is 14.3 Å². The predicted octanol–water partition coefficient (Wildman–Crippen LogP) is 6.51. The van der Waals surface area contributed by atoms with Crippen molar-refractivity contribution in [1.82, 2.24) is 4.72 Å². The second-order valence-electron chi connectivity index (χ2n) is 14.6. The van der Waals surface area contributed by atoms with Crippen molar-refractivity contribution in [3.8, 4) is 5.75 Å². The molecule has 0 radical (unpaired) electrons. The maximum Gasteiger partial charge on any atom is 0.262 e. The third-order valence-corrected chi connectivity index (χ3v) is 14.1. The lowest BCUT2D eigenvalue weighted by Crippen LogP contribution is -2.53. The maximum absolute atomic E-state index is 13.8. The molecule has 2 aromatic carbocycles. The van der Waals surface area contributed by atoms with Gasteiger partial charge in [0, 0.05) is 47.2 Å². The normalized spacial score (nSPS) is 34.7. The highest BCUT2D eigenvalue weighted by Crippen LogP contribution is 2.49. The van der Waals surface area contributed by atoms with E-state index >= 15 is 0 Å². The molecule has 7 nitrogen and oxygen atoms in total. The zero-order chi connectivity index (χ0) is 32.9. The van der Waals surface area contributed by atoms with Crippen LogP contribution in [0.3, 0.4) is 0 Å². The van der Waals surface area contributed by atoms with E-state index in [1.807, 2.05) is 39.0 Å². The Morgan fingerprint density at radius 2 is 1.96 bits per heavy atom. The van der Waals surface area contributed by atoms with Crippen LogP contribution in [0.4, 0.5) is 5.69 Å². The maximum atomic E-state index is 13.8. The molecule has 6 rings (SSSR count). The number of benzene rings is 2. The van der Waals surface area contributed by atoms with Crippen molar-refractivity contribution in [2.24, 2.45) is 17.8 Å². The largest absolute Gasteiger partial charge is 0.490 e. The highest BCUT2D eigenvalue weighted by molar-refractivity contribution is 7.99. The van der Waals surface area contributed by atoms with Crippen LogP contribution in [0.15, 0.2) is 36.4 Å². The van der Waals surface area contributed by atoms with Gasteiger partial charge in [0.1, 0.15) is 11.5 Å². The van der Waals surface area contributed by atoms with E-state index in [0.29, 0.717) is 50.3 Å². The van der Waals surface area contributed by atoms with E-state index in [9.17, 15) is 18.9 Å². The Morgan fingerprint density at radius 1 is 1.15 bits per heavy atom. The van der Waals surface area contributed by atoms with Crippen molar-refractivity contribution in [3.63, 3.8) is 0 Å². The summed E-state index contributed by atoms with van der Waals surface area (Å²) in [7, 11) is -2.97. The van der Waals surface area contributed by atoms with Gasteiger partial charge >= 0.3 is 0 Å². The van der Waals surface area contributed by atoms with Crippen LogP contribution in [-0.4, -0.2) is 57.4 Å². The number of nitrogens with zero attached hydrogens (tertiary/aromatic N) is 1. The van der Waals surface area contributed by atoms with E-state index in [1.165, 1.54) is 11.1 Å². The summed E-state index contributed by atoms with van der Waals surface area (Å²) in [5, 5.41) is 12.6. The highest BCUT2D eigenvalue weighted by Gasteiger charge is 2.49. The molecule has 2 bridgehead atoms. The Hall–Kier alpha value is -2.55. The molecule has 46 heavy (non-hydrogen) atoms. The number of amides is 1. The molecule has 0 saturated heterocycles. The number of Topliss-reactive ketones (excluding diaryl/α,β-unsaturated/α-hetero) is 1. The van der Waals surface area contributed by atoms with Crippen LogP contribution < -0.4 is 14.4 Å². The summed E-state index contributed by atoms with van der Waals surface area (Å²) in [6, 6.07) is 11.7. The smallest absolute Gasteiger partial charge is 0.262 e. The average molecular weight is 669 g/mol. The molecule has 4 aliphatic rings. The second kappa shape index (κ2) is 12.8. The molecule has 250 valence electrons. The number of carbonyl (C=O) groups is 2. The van der Waals surface area contributed by atoms with Crippen molar-refractivity contribution in [2.45, 2.75) is 101 Å². The topological polar surface area (TPSA) is 95.9 Å². The molecule has 9 heteroatoms. The summed E-state index contributed by atoms with van der Waals surface area (Å²) in [6.07, 6.45) is 7.31. The van der Waals surface area contributed by atoms with Gasteiger partial charge in [-0.1, -0.05) is 37.9 Å². The van der Waals surface area contributed by atoms with Crippen molar-refractivity contribution in [1.29, 1.82) is 0 Å². The lowest BCUT2D eigenvalue weighted by molar-refractivity contribution is -0.134. The molecule has 0 aromatic heterocycles. The number of hydrogen-bond acceptors (Lipinski definition) is 6. The lowest BCUT2D eigenvalue weighted by atomic mass is 9.61. The summed E-state index contributed by atoms with van der Waals surface area (Å²) < 4.78 is 23.2. The van der Waals surface area contributed by atoms with Gasteiger partial charge in [0.15, 0.2) is 0 Å². The van der Waals surface area contributed by atoms with Crippen LogP contribution >= 0.6 is 11.6 Å². The number of hydrogen-bond donors (Lipinski definition) is 2. The molecule has 2 aromatic rings. The first kappa shape index (κ1) is 33.4. The third-order valence-electron chi connectivity index (χ3n) is 11.7. The minimum atomic E-state index is -2.97. The van der Waals surface area contributed by atoms with Gasteiger partial charge in [-0.25, -0.2) is 4.21 Å². The van der Waals surface area contributed by atoms with E-state index < -0.39 is 21.2 Å². The van der Waals surface area contributed by atoms with E-state index in [-0.39, 0.29) is 40.6 Å². The van der Waals surface area contributed by atoms with Crippen molar-refractivity contribution >= 4 is 44.6 Å².